The predicted octanol–water partition coefficient (Wildman–Crippen LogP) is 2.60. The molecular formula is C21H38ClN3O4. The fourth-order valence-electron chi connectivity index (χ4n) is 3.40. The molecule has 168 valence electrons. The van der Waals surface area contributed by atoms with Crippen LogP contribution in [0.15, 0.2) is 11.6 Å². The molecule has 0 aromatic carbocycles. The van der Waals surface area contributed by atoms with E-state index in [2.05, 4.69) is 10.6 Å². The summed E-state index contributed by atoms with van der Waals surface area (Å²) in [5, 5.41) is 15.4. The average molecular weight is 432 g/mol. The number of hydrogen-bond acceptors (Lipinski definition) is 4. The van der Waals surface area contributed by atoms with E-state index in [9.17, 15) is 19.5 Å². The van der Waals surface area contributed by atoms with E-state index in [1.807, 2.05) is 34.6 Å². The van der Waals surface area contributed by atoms with Gasteiger partial charge in [-0.15, -0.1) is 12.4 Å². The summed E-state index contributed by atoms with van der Waals surface area (Å²) in [7, 11) is 1.67. The Hall–Kier alpha value is -1.60. The van der Waals surface area contributed by atoms with Crippen molar-refractivity contribution in [3.63, 3.8) is 0 Å². The summed E-state index contributed by atoms with van der Waals surface area (Å²) in [6, 6.07) is -1.35. The Kier molecular flexibility index (Phi) is 10.9. The highest BCUT2D eigenvalue weighted by Gasteiger charge is 2.38. The van der Waals surface area contributed by atoms with E-state index in [0.29, 0.717) is 0 Å². The molecule has 1 rings (SSSR count). The molecule has 0 spiro atoms. The summed E-state index contributed by atoms with van der Waals surface area (Å²) in [6.45, 7) is 12.0. The van der Waals surface area contributed by atoms with Crippen molar-refractivity contribution in [1.82, 2.24) is 15.5 Å². The standard InChI is InChI=1S/C21H37N3O4.ClH/c1-13(2)16(12-14(3)20(27)28)24(7)19(26)17(21(4,5)6)23-18(25)15-10-8-9-11-22-15;/h12-13,15-17,22H,8-11H2,1-7H3,(H,23,25)(H,27,28);1H/b14-12+;/t15-,16-,17-;/m1./s1. The van der Waals surface area contributed by atoms with Gasteiger partial charge < -0.3 is 20.6 Å². The van der Waals surface area contributed by atoms with Crippen molar-refractivity contribution in [3.8, 4) is 0 Å². The molecule has 0 aromatic rings. The minimum atomic E-state index is -1.00. The zero-order chi connectivity index (χ0) is 21.6. The van der Waals surface area contributed by atoms with Crippen LogP contribution in [0.4, 0.5) is 0 Å². The molecule has 1 fully saturated rings. The summed E-state index contributed by atoms with van der Waals surface area (Å²) in [5.41, 5.74) is -0.288. The molecule has 0 unspecified atom stereocenters. The fraction of sp³-hybridized carbons (Fsp3) is 0.762. The second-order valence-electron chi connectivity index (χ2n) is 9.15. The first-order chi connectivity index (χ1) is 12.9. The number of hydrogen-bond donors (Lipinski definition) is 3. The smallest absolute Gasteiger partial charge is 0.331 e. The van der Waals surface area contributed by atoms with Crippen LogP contribution in [-0.4, -0.2) is 59.5 Å². The van der Waals surface area contributed by atoms with Gasteiger partial charge in [-0.25, -0.2) is 4.79 Å². The third-order valence-electron chi connectivity index (χ3n) is 5.26. The van der Waals surface area contributed by atoms with Crippen LogP contribution >= 0.6 is 12.4 Å². The van der Waals surface area contributed by atoms with E-state index in [1.165, 1.54) is 6.92 Å². The number of nitrogens with one attached hydrogen (secondary N) is 2. The molecule has 3 atom stereocenters. The van der Waals surface area contributed by atoms with Crippen LogP contribution in [0.5, 0.6) is 0 Å². The number of carboxylic acid groups (broad SMARTS) is 1. The van der Waals surface area contributed by atoms with Crippen molar-refractivity contribution in [3.05, 3.63) is 11.6 Å². The van der Waals surface area contributed by atoms with Crippen molar-refractivity contribution >= 4 is 30.2 Å². The molecule has 0 saturated carbocycles. The molecule has 7 nitrogen and oxygen atoms in total. The number of carbonyl (C=O) groups is 3. The number of amides is 2. The number of nitrogens with zero attached hydrogens (tertiary/aromatic N) is 1. The molecule has 0 aliphatic carbocycles. The molecule has 0 radical (unpaired) electrons. The Bertz CT molecular complexity index is 608. The van der Waals surface area contributed by atoms with E-state index < -0.39 is 17.4 Å². The molecule has 29 heavy (non-hydrogen) atoms. The normalized spacial score (nSPS) is 19.7. The largest absolute Gasteiger partial charge is 0.478 e. The molecule has 8 heteroatoms. The number of carbonyl (C=O) groups excluding carboxylic acids is 2. The third-order valence-corrected chi connectivity index (χ3v) is 5.26. The van der Waals surface area contributed by atoms with Crippen LogP contribution < -0.4 is 10.6 Å². The number of rotatable bonds is 7. The van der Waals surface area contributed by atoms with Gasteiger partial charge in [0.05, 0.1) is 12.1 Å². The minimum Gasteiger partial charge on any atom is -0.478 e. The van der Waals surface area contributed by atoms with Crippen molar-refractivity contribution < 1.29 is 19.5 Å². The lowest BCUT2D eigenvalue weighted by Gasteiger charge is -2.38. The van der Waals surface area contributed by atoms with Crippen LogP contribution in [-0.2, 0) is 14.4 Å². The van der Waals surface area contributed by atoms with Gasteiger partial charge in [-0.2, -0.15) is 0 Å². The highest BCUT2D eigenvalue weighted by atomic mass is 35.5. The second kappa shape index (κ2) is 11.6. The van der Waals surface area contributed by atoms with Gasteiger partial charge in [-0.05, 0) is 37.6 Å². The molecule has 0 bridgehead atoms. The first kappa shape index (κ1) is 27.4. The van der Waals surface area contributed by atoms with Gasteiger partial charge in [-0.3, -0.25) is 9.59 Å². The molecule has 1 aliphatic heterocycles. The fourth-order valence-corrected chi connectivity index (χ4v) is 3.40. The molecule has 2 amide bonds. The lowest BCUT2D eigenvalue weighted by molar-refractivity contribution is -0.140. The SMILES string of the molecule is C/C(=C\[C@H](C(C)C)N(C)C(=O)[C@@H](NC(=O)[C@H]1CCCCN1)C(C)(C)C)C(=O)O.Cl. The molecule has 0 aromatic heterocycles. The first-order valence-corrected chi connectivity index (χ1v) is 10.1. The van der Waals surface area contributed by atoms with Crippen molar-refractivity contribution in [2.75, 3.05) is 13.6 Å². The van der Waals surface area contributed by atoms with E-state index in [-0.39, 0.29) is 47.8 Å². The molecule has 3 N–H and O–H groups in total. The lowest BCUT2D eigenvalue weighted by atomic mass is 9.84. The van der Waals surface area contributed by atoms with Gasteiger partial charge in [-0.1, -0.05) is 47.1 Å². The van der Waals surface area contributed by atoms with E-state index in [0.717, 1.165) is 25.8 Å². The molecule has 1 heterocycles. The maximum absolute atomic E-state index is 13.3. The zero-order valence-electron chi connectivity index (χ0n) is 18.7. The molecular weight excluding hydrogens is 394 g/mol. The van der Waals surface area contributed by atoms with Gasteiger partial charge in [0.1, 0.15) is 6.04 Å². The van der Waals surface area contributed by atoms with E-state index in [1.54, 1.807) is 18.0 Å². The van der Waals surface area contributed by atoms with Gasteiger partial charge in [0.25, 0.3) is 0 Å². The maximum Gasteiger partial charge on any atom is 0.331 e. The number of carboxylic acids is 1. The van der Waals surface area contributed by atoms with Crippen LogP contribution in [0.1, 0.15) is 60.8 Å². The number of halogens is 1. The van der Waals surface area contributed by atoms with Gasteiger partial charge in [0.2, 0.25) is 11.8 Å². The van der Waals surface area contributed by atoms with Crippen LogP contribution in [0, 0.1) is 11.3 Å². The summed E-state index contributed by atoms with van der Waals surface area (Å²) in [4.78, 5) is 38.8. The molecule has 1 aliphatic rings. The molecule has 1 saturated heterocycles. The summed E-state index contributed by atoms with van der Waals surface area (Å²) < 4.78 is 0. The second-order valence-corrected chi connectivity index (χ2v) is 9.15. The summed E-state index contributed by atoms with van der Waals surface area (Å²) >= 11 is 0. The van der Waals surface area contributed by atoms with E-state index in [4.69, 9.17) is 0 Å². The van der Waals surface area contributed by atoms with E-state index >= 15 is 0 Å². The monoisotopic (exact) mass is 431 g/mol. The van der Waals surface area contributed by atoms with Crippen molar-refractivity contribution in [2.24, 2.45) is 11.3 Å². The van der Waals surface area contributed by atoms with Crippen LogP contribution in [0.2, 0.25) is 0 Å². The topological polar surface area (TPSA) is 98.7 Å². The van der Waals surface area contributed by atoms with Gasteiger partial charge in [0, 0.05) is 12.6 Å². The highest BCUT2D eigenvalue weighted by molar-refractivity contribution is 5.91. The Labute approximate surface area is 181 Å². The van der Waals surface area contributed by atoms with Crippen LogP contribution in [0.25, 0.3) is 0 Å². The summed E-state index contributed by atoms with van der Waals surface area (Å²) in [5.74, 6) is -1.35. The number of likely N-dealkylation sites (N-methyl/N-ethyl adjacent to an activating group) is 1. The average Bonchev–Trinajstić information content (AvgIpc) is 2.61. The highest BCUT2D eigenvalue weighted by Crippen LogP contribution is 2.24. The summed E-state index contributed by atoms with van der Waals surface area (Å²) in [6.07, 6.45) is 4.42. The Morgan fingerprint density at radius 1 is 1.21 bits per heavy atom. The lowest BCUT2D eigenvalue weighted by Crippen LogP contribution is -2.59. The van der Waals surface area contributed by atoms with Gasteiger partial charge >= 0.3 is 5.97 Å². The van der Waals surface area contributed by atoms with Crippen LogP contribution in [0.3, 0.4) is 0 Å². The number of aliphatic carboxylic acids is 1. The number of piperidine rings is 1. The Balaban J connectivity index is 0.00000784. The zero-order valence-corrected chi connectivity index (χ0v) is 19.6. The van der Waals surface area contributed by atoms with Crippen molar-refractivity contribution in [1.29, 1.82) is 0 Å². The Morgan fingerprint density at radius 3 is 2.21 bits per heavy atom. The predicted molar refractivity (Wildman–Crippen MR) is 117 cm³/mol. The van der Waals surface area contributed by atoms with Crippen molar-refractivity contribution in [2.45, 2.75) is 78.9 Å². The third kappa shape index (κ3) is 7.97. The quantitative estimate of drug-likeness (QED) is 0.538. The first-order valence-electron chi connectivity index (χ1n) is 10.1. The maximum atomic E-state index is 13.3. The van der Waals surface area contributed by atoms with Gasteiger partial charge in [0.15, 0.2) is 0 Å². The Morgan fingerprint density at radius 2 is 1.79 bits per heavy atom. The minimum absolute atomic E-state index is 0.